The normalized spacial score (nSPS) is 21.3. The monoisotopic (exact) mass is 252 g/mol. The highest BCUT2D eigenvalue weighted by molar-refractivity contribution is 7.15. The van der Waals surface area contributed by atoms with Crippen LogP contribution in [0.15, 0.2) is 0 Å². The first-order valence-corrected chi connectivity index (χ1v) is 5.72. The third-order valence-corrected chi connectivity index (χ3v) is 3.30. The SMILES string of the molecule is FC(F)(F)c1nnc(NCC2CCNC2)s1. The van der Waals surface area contributed by atoms with E-state index >= 15 is 0 Å². The van der Waals surface area contributed by atoms with E-state index in [0.29, 0.717) is 23.8 Å². The maximum absolute atomic E-state index is 12.2. The molecule has 0 bridgehead atoms. The number of nitrogens with zero attached hydrogens (tertiary/aromatic N) is 2. The minimum atomic E-state index is -4.40. The van der Waals surface area contributed by atoms with Crippen molar-refractivity contribution < 1.29 is 13.2 Å². The lowest BCUT2D eigenvalue weighted by molar-refractivity contribution is -0.138. The fraction of sp³-hybridized carbons (Fsp3) is 0.750. The number of alkyl halides is 3. The van der Waals surface area contributed by atoms with E-state index in [1.54, 1.807) is 0 Å². The van der Waals surface area contributed by atoms with Crippen molar-refractivity contribution >= 4 is 16.5 Å². The van der Waals surface area contributed by atoms with Gasteiger partial charge in [-0.25, -0.2) is 0 Å². The molecule has 1 aliphatic heterocycles. The highest BCUT2D eigenvalue weighted by atomic mass is 32.1. The van der Waals surface area contributed by atoms with Crippen molar-refractivity contribution in [3.8, 4) is 0 Å². The molecule has 1 aromatic rings. The zero-order valence-electron chi connectivity index (χ0n) is 8.34. The Kier molecular flexibility index (Phi) is 3.29. The Labute approximate surface area is 94.3 Å². The molecule has 1 fully saturated rings. The summed E-state index contributed by atoms with van der Waals surface area (Å²) in [7, 11) is 0. The molecule has 1 aliphatic rings. The number of anilines is 1. The largest absolute Gasteiger partial charge is 0.445 e. The first-order chi connectivity index (χ1) is 7.55. The predicted molar refractivity (Wildman–Crippen MR) is 54.4 cm³/mol. The molecular formula is C8H11F3N4S. The number of halogens is 3. The summed E-state index contributed by atoms with van der Waals surface area (Å²) in [4.78, 5) is 0. The third kappa shape index (κ3) is 2.82. The van der Waals surface area contributed by atoms with E-state index in [1.807, 2.05) is 0 Å². The summed E-state index contributed by atoms with van der Waals surface area (Å²) in [6.07, 6.45) is -3.36. The van der Waals surface area contributed by atoms with Gasteiger partial charge in [0.05, 0.1) is 0 Å². The molecular weight excluding hydrogens is 241 g/mol. The summed E-state index contributed by atoms with van der Waals surface area (Å²) in [5, 5.41) is 12.0. The van der Waals surface area contributed by atoms with E-state index in [2.05, 4.69) is 20.8 Å². The molecule has 0 aliphatic carbocycles. The Morgan fingerprint density at radius 1 is 1.44 bits per heavy atom. The molecule has 2 N–H and O–H groups in total. The van der Waals surface area contributed by atoms with E-state index in [4.69, 9.17) is 0 Å². The maximum atomic E-state index is 12.2. The molecule has 2 heterocycles. The average molecular weight is 252 g/mol. The molecule has 0 amide bonds. The number of hydrogen-bond donors (Lipinski definition) is 2. The molecule has 0 aromatic carbocycles. The lowest BCUT2D eigenvalue weighted by atomic mass is 10.1. The van der Waals surface area contributed by atoms with Gasteiger partial charge in [0, 0.05) is 6.54 Å². The fourth-order valence-electron chi connectivity index (χ4n) is 1.53. The van der Waals surface area contributed by atoms with Crippen LogP contribution in [0.2, 0.25) is 0 Å². The minimum Gasteiger partial charge on any atom is -0.360 e. The van der Waals surface area contributed by atoms with Gasteiger partial charge in [-0.3, -0.25) is 0 Å². The lowest BCUT2D eigenvalue weighted by Crippen LogP contribution is -2.17. The average Bonchev–Trinajstić information content (AvgIpc) is 2.85. The number of nitrogens with one attached hydrogen (secondary N) is 2. The van der Waals surface area contributed by atoms with E-state index in [0.717, 1.165) is 19.5 Å². The Balaban J connectivity index is 1.87. The molecule has 16 heavy (non-hydrogen) atoms. The van der Waals surface area contributed by atoms with Crippen molar-refractivity contribution in [2.75, 3.05) is 25.0 Å². The Bertz CT molecular complexity index is 345. The first kappa shape index (κ1) is 11.6. The van der Waals surface area contributed by atoms with Gasteiger partial charge in [0.25, 0.3) is 0 Å². The summed E-state index contributed by atoms with van der Waals surface area (Å²) >= 11 is 0.544. The fourth-order valence-corrected chi connectivity index (χ4v) is 2.15. The van der Waals surface area contributed by atoms with Crippen LogP contribution in [0.1, 0.15) is 11.4 Å². The van der Waals surface area contributed by atoms with Gasteiger partial charge in [0.1, 0.15) is 0 Å². The van der Waals surface area contributed by atoms with Gasteiger partial charge in [0.15, 0.2) is 0 Å². The predicted octanol–water partition coefficient (Wildman–Crippen LogP) is 1.58. The Morgan fingerprint density at radius 3 is 2.81 bits per heavy atom. The molecule has 0 radical (unpaired) electrons. The zero-order chi connectivity index (χ0) is 11.6. The zero-order valence-corrected chi connectivity index (χ0v) is 9.16. The van der Waals surface area contributed by atoms with E-state index in [-0.39, 0.29) is 5.13 Å². The van der Waals surface area contributed by atoms with Crippen molar-refractivity contribution in [3.05, 3.63) is 5.01 Å². The molecule has 1 unspecified atom stereocenters. The van der Waals surface area contributed by atoms with Crippen LogP contribution < -0.4 is 10.6 Å². The van der Waals surface area contributed by atoms with Crippen LogP contribution in [0.25, 0.3) is 0 Å². The van der Waals surface area contributed by atoms with E-state index < -0.39 is 11.2 Å². The summed E-state index contributed by atoms with van der Waals surface area (Å²) < 4.78 is 36.6. The number of hydrogen-bond acceptors (Lipinski definition) is 5. The minimum absolute atomic E-state index is 0.235. The molecule has 1 aromatic heterocycles. The molecule has 1 saturated heterocycles. The van der Waals surface area contributed by atoms with Crippen molar-refractivity contribution in [2.24, 2.45) is 5.92 Å². The number of aromatic nitrogens is 2. The van der Waals surface area contributed by atoms with Gasteiger partial charge in [-0.15, -0.1) is 10.2 Å². The van der Waals surface area contributed by atoms with Crippen LogP contribution in [0.3, 0.4) is 0 Å². The van der Waals surface area contributed by atoms with Crippen LogP contribution in [0.4, 0.5) is 18.3 Å². The summed E-state index contributed by atoms with van der Waals surface area (Å²) in [5.41, 5.74) is 0. The topological polar surface area (TPSA) is 49.8 Å². The van der Waals surface area contributed by atoms with Crippen LogP contribution in [-0.4, -0.2) is 29.8 Å². The van der Waals surface area contributed by atoms with Crippen molar-refractivity contribution in [3.63, 3.8) is 0 Å². The standard InChI is InChI=1S/C8H11F3N4S/c9-8(10,11)6-14-15-7(16-6)13-4-5-1-2-12-3-5/h5,12H,1-4H2,(H,13,15). The van der Waals surface area contributed by atoms with Crippen LogP contribution in [0.5, 0.6) is 0 Å². The van der Waals surface area contributed by atoms with Gasteiger partial charge in [0.2, 0.25) is 10.1 Å². The van der Waals surface area contributed by atoms with Gasteiger partial charge in [-0.2, -0.15) is 13.2 Å². The Morgan fingerprint density at radius 2 is 2.25 bits per heavy atom. The van der Waals surface area contributed by atoms with Crippen molar-refractivity contribution in [1.82, 2.24) is 15.5 Å². The Hall–Kier alpha value is -0.890. The highest BCUT2D eigenvalue weighted by Gasteiger charge is 2.35. The molecule has 0 spiro atoms. The van der Waals surface area contributed by atoms with Gasteiger partial charge >= 0.3 is 6.18 Å². The van der Waals surface area contributed by atoms with Crippen LogP contribution in [0, 0.1) is 5.92 Å². The second-order valence-electron chi connectivity index (χ2n) is 3.65. The second kappa shape index (κ2) is 4.54. The third-order valence-electron chi connectivity index (χ3n) is 2.37. The molecule has 4 nitrogen and oxygen atoms in total. The van der Waals surface area contributed by atoms with Crippen LogP contribution in [-0.2, 0) is 6.18 Å². The van der Waals surface area contributed by atoms with Gasteiger partial charge in [-0.05, 0) is 25.4 Å². The molecule has 0 saturated carbocycles. The van der Waals surface area contributed by atoms with Gasteiger partial charge < -0.3 is 10.6 Å². The van der Waals surface area contributed by atoms with Crippen LogP contribution >= 0.6 is 11.3 Å². The molecule has 8 heteroatoms. The summed E-state index contributed by atoms with van der Waals surface area (Å²) in [6.45, 7) is 2.51. The first-order valence-electron chi connectivity index (χ1n) is 4.91. The summed E-state index contributed by atoms with van der Waals surface area (Å²) in [5.74, 6) is 0.457. The van der Waals surface area contributed by atoms with Crippen molar-refractivity contribution in [2.45, 2.75) is 12.6 Å². The van der Waals surface area contributed by atoms with Gasteiger partial charge in [-0.1, -0.05) is 11.3 Å². The maximum Gasteiger partial charge on any atom is 0.445 e. The molecule has 90 valence electrons. The van der Waals surface area contributed by atoms with Crippen molar-refractivity contribution in [1.29, 1.82) is 0 Å². The highest BCUT2D eigenvalue weighted by Crippen LogP contribution is 2.33. The summed E-state index contributed by atoms with van der Waals surface area (Å²) in [6, 6.07) is 0. The second-order valence-corrected chi connectivity index (χ2v) is 4.63. The molecule has 1 atom stereocenters. The molecule has 2 rings (SSSR count). The van der Waals surface area contributed by atoms with E-state index in [9.17, 15) is 13.2 Å². The lowest BCUT2D eigenvalue weighted by Gasteiger charge is -2.07. The number of rotatable bonds is 3. The van der Waals surface area contributed by atoms with E-state index in [1.165, 1.54) is 0 Å². The smallest absolute Gasteiger partial charge is 0.360 e. The quantitative estimate of drug-likeness (QED) is 0.857.